The van der Waals surface area contributed by atoms with E-state index in [2.05, 4.69) is 5.32 Å². The number of carbonyl (C=O) groups excluding carboxylic acids is 1. The van der Waals surface area contributed by atoms with Gasteiger partial charge in [-0.2, -0.15) is 0 Å². The molecule has 2 atom stereocenters. The molecule has 5 heteroatoms. The summed E-state index contributed by atoms with van der Waals surface area (Å²) in [7, 11) is 1.36. The first-order valence-corrected chi connectivity index (χ1v) is 5.76. The van der Waals surface area contributed by atoms with E-state index in [1.54, 1.807) is 13.8 Å². The first kappa shape index (κ1) is 14.4. The first-order valence-electron chi connectivity index (χ1n) is 5.76. The summed E-state index contributed by atoms with van der Waals surface area (Å²) < 4.78 is 18.2. The van der Waals surface area contributed by atoms with Crippen LogP contribution >= 0.6 is 0 Å². The number of aliphatic hydroxyl groups is 1. The van der Waals surface area contributed by atoms with Crippen LogP contribution in [0.3, 0.4) is 0 Å². The Bertz CT molecular complexity index is 421. The van der Waals surface area contributed by atoms with Gasteiger partial charge in [0.05, 0.1) is 13.2 Å². The van der Waals surface area contributed by atoms with Crippen molar-refractivity contribution in [2.45, 2.75) is 32.4 Å². The minimum atomic E-state index is -0.576. The summed E-state index contributed by atoms with van der Waals surface area (Å²) in [5.41, 5.74) is 0.228. The fourth-order valence-corrected chi connectivity index (χ4v) is 1.69. The topological polar surface area (TPSA) is 58.6 Å². The minimum Gasteiger partial charge on any atom is -0.494 e. The van der Waals surface area contributed by atoms with Crippen LogP contribution in [0.4, 0.5) is 4.39 Å². The summed E-state index contributed by atoms with van der Waals surface area (Å²) in [5, 5.41) is 11.9. The lowest BCUT2D eigenvalue weighted by molar-refractivity contribution is 0.0922. The first-order chi connectivity index (χ1) is 8.43. The Kier molecular flexibility index (Phi) is 5.09. The van der Waals surface area contributed by atoms with Crippen molar-refractivity contribution in [3.8, 4) is 5.75 Å². The number of hydrogen-bond donors (Lipinski definition) is 2. The number of ether oxygens (including phenoxy) is 1. The Hall–Kier alpha value is -1.62. The second-order valence-electron chi connectivity index (χ2n) is 4.31. The maximum Gasteiger partial charge on any atom is 0.251 e. The fraction of sp³-hybridized carbons (Fsp3) is 0.462. The molecule has 0 spiro atoms. The van der Waals surface area contributed by atoms with Crippen LogP contribution in [-0.2, 0) is 0 Å². The molecule has 0 fully saturated rings. The number of nitrogens with one attached hydrogen (secondary N) is 1. The smallest absolute Gasteiger partial charge is 0.251 e. The molecule has 4 nitrogen and oxygen atoms in total. The number of aliphatic hydroxyl groups excluding tert-OH is 1. The highest BCUT2D eigenvalue weighted by Crippen LogP contribution is 2.17. The second-order valence-corrected chi connectivity index (χ2v) is 4.31. The van der Waals surface area contributed by atoms with E-state index in [9.17, 15) is 14.3 Å². The van der Waals surface area contributed by atoms with Gasteiger partial charge in [0.15, 0.2) is 11.6 Å². The largest absolute Gasteiger partial charge is 0.494 e. The van der Waals surface area contributed by atoms with E-state index in [1.165, 1.54) is 19.2 Å². The van der Waals surface area contributed by atoms with Crippen LogP contribution in [0.2, 0.25) is 0 Å². The van der Waals surface area contributed by atoms with E-state index in [-0.39, 0.29) is 23.3 Å². The molecule has 1 amide bonds. The summed E-state index contributed by atoms with van der Waals surface area (Å²) in [6.07, 6.45) is -0.0439. The number of carbonyl (C=O) groups is 1. The molecule has 0 saturated carbocycles. The van der Waals surface area contributed by atoms with Crippen molar-refractivity contribution < 1.29 is 19.0 Å². The maximum absolute atomic E-state index is 13.4. The van der Waals surface area contributed by atoms with Gasteiger partial charge in [-0.15, -0.1) is 0 Å². The number of methoxy groups -OCH3 is 1. The third kappa shape index (κ3) is 4.00. The SMILES string of the molecule is COc1ccc(C(=O)NC(C)CC(C)O)cc1F. The van der Waals surface area contributed by atoms with Crippen molar-refractivity contribution in [1.82, 2.24) is 5.32 Å². The Labute approximate surface area is 106 Å². The van der Waals surface area contributed by atoms with Crippen LogP contribution in [0.15, 0.2) is 18.2 Å². The molecule has 0 saturated heterocycles. The molecule has 0 bridgehead atoms. The van der Waals surface area contributed by atoms with Gasteiger partial charge in [-0.05, 0) is 38.5 Å². The number of amides is 1. The van der Waals surface area contributed by atoms with E-state index in [4.69, 9.17) is 4.74 Å². The Morgan fingerprint density at radius 1 is 1.50 bits per heavy atom. The molecule has 2 unspecified atom stereocenters. The summed E-state index contributed by atoms with van der Waals surface area (Å²) in [5.74, 6) is -0.846. The van der Waals surface area contributed by atoms with E-state index in [1.807, 2.05) is 0 Å². The zero-order valence-electron chi connectivity index (χ0n) is 10.7. The van der Waals surface area contributed by atoms with E-state index in [0.717, 1.165) is 6.07 Å². The van der Waals surface area contributed by atoms with Crippen LogP contribution in [0.25, 0.3) is 0 Å². The third-order valence-electron chi connectivity index (χ3n) is 2.49. The Balaban J connectivity index is 2.70. The van der Waals surface area contributed by atoms with Crippen molar-refractivity contribution in [1.29, 1.82) is 0 Å². The van der Waals surface area contributed by atoms with Crippen molar-refractivity contribution in [3.05, 3.63) is 29.6 Å². The normalized spacial score (nSPS) is 13.8. The lowest BCUT2D eigenvalue weighted by Gasteiger charge is -2.15. The van der Waals surface area contributed by atoms with Gasteiger partial charge in [-0.25, -0.2) is 4.39 Å². The van der Waals surface area contributed by atoms with Crippen LogP contribution in [0, 0.1) is 5.82 Å². The molecule has 0 heterocycles. The monoisotopic (exact) mass is 255 g/mol. The predicted octanol–water partition coefficient (Wildman–Crippen LogP) is 1.72. The third-order valence-corrected chi connectivity index (χ3v) is 2.49. The molecule has 0 radical (unpaired) electrons. The molecule has 100 valence electrons. The van der Waals surface area contributed by atoms with Crippen molar-refractivity contribution in [3.63, 3.8) is 0 Å². The summed E-state index contributed by atoms with van der Waals surface area (Å²) in [6, 6.07) is 3.85. The highest BCUT2D eigenvalue weighted by Gasteiger charge is 2.13. The van der Waals surface area contributed by atoms with Crippen molar-refractivity contribution >= 4 is 5.91 Å². The molecule has 2 N–H and O–H groups in total. The Morgan fingerprint density at radius 3 is 2.67 bits per heavy atom. The predicted molar refractivity (Wildman–Crippen MR) is 66.2 cm³/mol. The molecule has 0 aliphatic heterocycles. The summed E-state index contributed by atoms with van der Waals surface area (Å²) in [4.78, 5) is 11.8. The average molecular weight is 255 g/mol. The average Bonchev–Trinajstić information content (AvgIpc) is 2.27. The molecule has 0 aromatic heterocycles. The highest BCUT2D eigenvalue weighted by molar-refractivity contribution is 5.94. The van der Waals surface area contributed by atoms with Crippen LogP contribution in [0.1, 0.15) is 30.6 Å². The van der Waals surface area contributed by atoms with E-state index in [0.29, 0.717) is 6.42 Å². The summed E-state index contributed by atoms with van der Waals surface area (Å²) >= 11 is 0. The molecule has 1 aromatic carbocycles. The summed E-state index contributed by atoms with van der Waals surface area (Å²) in [6.45, 7) is 3.43. The second kappa shape index (κ2) is 6.35. The molecular weight excluding hydrogens is 237 g/mol. The number of benzene rings is 1. The lowest BCUT2D eigenvalue weighted by Crippen LogP contribution is -2.34. The highest BCUT2D eigenvalue weighted by atomic mass is 19.1. The van der Waals surface area contributed by atoms with Crippen LogP contribution in [-0.4, -0.2) is 30.3 Å². The van der Waals surface area contributed by atoms with Gasteiger partial charge in [0.25, 0.3) is 5.91 Å². The van der Waals surface area contributed by atoms with Crippen LogP contribution < -0.4 is 10.1 Å². The van der Waals surface area contributed by atoms with Gasteiger partial charge in [-0.3, -0.25) is 4.79 Å². The number of rotatable bonds is 5. The van der Waals surface area contributed by atoms with Gasteiger partial charge in [-0.1, -0.05) is 0 Å². The van der Waals surface area contributed by atoms with Gasteiger partial charge < -0.3 is 15.2 Å². The van der Waals surface area contributed by atoms with Crippen LogP contribution in [0.5, 0.6) is 5.75 Å². The van der Waals surface area contributed by atoms with Crippen molar-refractivity contribution in [2.75, 3.05) is 7.11 Å². The number of hydrogen-bond acceptors (Lipinski definition) is 3. The lowest BCUT2D eigenvalue weighted by atomic mass is 10.1. The van der Waals surface area contributed by atoms with E-state index < -0.39 is 11.9 Å². The zero-order chi connectivity index (χ0) is 13.7. The number of halogens is 1. The molecule has 0 aliphatic rings. The van der Waals surface area contributed by atoms with Gasteiger partial charge in [0.2, 0.25) is 0 Å². The molecule has 1 rings (SSSR count). The van der Waals surface area contributed by atoms with Crippen molar-refractivity contribution in [2.24, 2.45) is 0 Å². The molecular formula is C13H18FNO3. The quantitative estimate of drug-likeness (QED) is 0.842. The molecule has 18 heavy (non-hydrogen) atoms. The van der Waals surface area contributed by atoms with Gasteiger partial charge >= 0.3 is 0 Å². The Morgan fingerprint density at radius 2 is 2.17 bits per heavy atom. The van der Waals surface area contributed by atoms with Gasteiger partial charge in [0, 0.05) is 11.6 Å². The standard InChI is InChI=1S/C13H18FNO3/c1-8(6-9(2)16)15-13(17)10-4-5-12(18-3)11(14)7-10/h4-5,7-9,16H,6H2,1-3H3,(H,15,17). The fourth-order valence-electron chi connectivity index (χ4n) is 1.69. The maximum atomic E-state index is 13.4. The molecule has 0 aliphatic carbocycles. The minimum absolute atomic E-state index is 0.101. The zero-order valence-corrected chi connectivity index (χ0v) is 10.7. The molecule has 1 aromatic rings. The van der Waals surface area contributed by atoms with E-state index >= 15 is 0 Å². The van der Waals surface area contributed by atoms with Gasteiger partial charge in [0.1, 0.15) is 0 Å².